The fraction of sp³-hybridized carbons (Fsp3) is 0.818. The van der Waals surface area contributed by atoms with Gasteiger partial charge in [-0.3, -0.25) is 0 Å². The number of allylic oxidation sites excluding steroid dienone is 2. The summed E-state index contributed by atoms with van der Waals surface area (Å²) >= 11 is 0. The van der Waals surface area contributed by atoms with E-state index in [2.05, 4.69) is 0 Å². The van der Waals surface area contributed by atoms with Gasteiger partial charge in [-0.1, -0.05) is 0 Å². The van der Waals surface area contributed by atoms with Crippen LogP contribution in [0.3, 0.4) is 0 Å². The van der Waals surface area contributed by atoms with Gasteiger partial charge >= 0.3 is 47.4 Å². The third-order valence-corrected chi connectivity index (χ3v) is 4.38. The Hall–Kier alpha value is -1.52. The molecule has 0 amide bonds. The summed E-state index contributed by atoms with van der Waals surface area (Å²) in [6, 6.07) is 0. The highest BCUT2D eigenvalue weighted by molar-refractivity contribution is 5.49. The largest absolute Gasteiger partial charge is 0.384 e. The minimum absolute atomic E-state index is 4.94. The molecule has 2 rings (SSSR count). The summed E-state index contributed by atoms with van der Waals surface area (Å²) in [4.78, 5) is 0. The van der Waals surface area contributed by atoms with Crippen molar-refractivity contribution in [2.45, 2.75) is 53.0 Å². The van der Waals surface area contributed by atoms with Crippen LogP contribution in [0.1, 0.15) is 0 Å². The zero-order valence-electron chi connectivity index (χ0n) is 12.3. The molecule has 0 aliphatic heterocycles. The van der Waals surface area contributed by atoms with E-state index >= 15 is 0 Å². The van der Waals surface area contributed by atoms with Gasteiger partial charge < -0.3 is 0 Å². The van der Waals surface area contributed by atoms with Crippen molar-refractivity contribution in [1.82, 2.24) is 0 Å². The highest BCUT2D eigenvalue weighted by Gasteiger charge is 3.04. The lowest BCUT2D eigenvalue weighted by Crippen LogP contribution is -2.84. The molecule has 1 fully saturated rings. The van der Waals surface area contributed by atoms with Crippen molar-refractivity contribution in [3.05, 3.63) is 11.4 Å². The van der Waals surface area contributed by atoms with Gasteiger partial charge in [0.05, 0.1) is 5.57 Å². The Morgan fingerprint density at radius 2 is 0.621 bits per heavy atom. The molecule has 0 radical (unpaired) electrons. The van der Waals surface area contributed by atoms with E-state index in [9.17, 15) is 79.0 Å². The molecule has 0 aromatic heterocycles. The molecular formula is C11F18. The first-order valence-corrected chi connectivity index (χ1v) is 6.40. The summed E-state index contributed by atoms with van der Waals surface area (Å²) in [6.07, 6.45) is 0. The Morgan fingerprint density at radius 3 is 0.862 bits per heavy atom. The van der Waals surface area contributed by atoms with E-state index in [1.165, 1.54) is 0 Å². The third-order valence-electron chi connectivity index (χ3n) is 4.38. The van der Waals surface area contributed by atoms with Crippen LogP contribution in [0.5, 0.6) is 0 Å². The van der Waals surface area contributed by atoms with E-state index in [0.717, 1.165) is 0 Å². The fourth-order valence-corrected chi connectivity index (χ4v) is 2.69. The Bertz CT molecular complexity index is 739. The van der Waals surface area contributed by atoms with Crippen LogP contribution in [-0.4, -0.2) is 53.0 Å². The third kappa shape index (κ3) is 1.86. The van der Waals surface area contributed by atoms with Gasteiger partial charge in [0.2, 0.25) is 0 Å². The SMILES string of the molecule is FC1=C(C2(F)C(F)(F)C(F)(F)C(F)(F)C(F)(F)C2(F)F)C(F)(F)C(F)(F)C1(F)F. The molecule has 0 saturated heterocycles. The van der Waals surface area contributed by atoms with Crippen molar-refractivity contribution in [2.75, 3.05) is 0 Å². The second-order valence-corrected chi connectivity index (χ2v) is 5.94. The van der Waals surface area contributed by atoms with E-state index in [1.54, 1.807) is 0 Å². The molecule has 0 spiro atoms. The minimum Gasteiger partial charge on any atom is -0.225 e. The fourth-order valence-electron chi connectivity index (χ4n) is 2.69. The van der Waals surface area contributed by atoms with Gasteiger partial charge in [0.25, 0.3) is 5.67 Å². The molecule has 1 saturated carbocycles. The summed E-state index contributed by atoms with van der Waals surface area (Å²) in [5, 5.41) is 0. The lowest BCUT2D eigenvalue weighted by Gasteiger charge is -2.53. The summed E-state index contributed by atoms with van der Waals surface area (Å²) < 4.78 is 240. The molecule has 0 bridgehead atoms. The average Bonchev–Trinajstić information content (AvgIpc) is 2.60. The highest BCUT2D eigenvalue weighted by Crippen LogP contribution is 2.75. The molecule has 0 aromatic carbocycles. The predicted molar refractivity (Wildman–Crippen MR) is 51.5 cm³/mol. The monoisotopic (exact) mass is 474 g/mol. The molecular weight excluding hydrogens is 474 g/mol. The molecule has 0 atom stereocenters. The first-order valence-electron chi connectivity index (χ1n) is 6.40. The smallest absolute Gasteiger partial charge is 0.225 e. The maximum Gasteiger partial charge on any atom is 0.384 e. The lowest BCUT2D eigenvalue weighted by atomic mass is 9.67. The zero-order valence-corrected chi connectivity index (χ0v) is 12.3. The Balaban J connectivity index is 3.10. The number of hydrogen-bond acceptors (Lipinski definition) is 0. The van der Waals surface area contributed by atoms with Crippen LogP contribution in [-0.2, 0) is 0 Å². The Labute approximate surface area is 145 Å². The Kier molecular flexibility index (Phi) is 4.12. The van der Waals surface area contributed by atoms with Gasteiger partial charge in [-0.05, 0) is 0 Å². The molecule has 0 nitrogen and oxygen atoms in total. The molecule has 0 N–H and O–H groups in total. The van der Waals surface area contributed by atoms with Crippen LogP contribution in [0.2, 0.25) is 0 Å². The summed E-state index contributed by atoms with van der Waals surface area (Å²) in [6.45, 7) is 0. The quantitative estimate of drug-likeness (QED) is 0.408. The van der Waals surface area contributed by atoms with Crippen LogP contribution in [0.4, 0.5) is 79.0 Å². The average molecular weight is 474 g/mol. The lowest BCUT2D eigenvalue weighted by molar-refractivity contribution is -0.481. The van der Waals surface area contributed by atoms with E-state index < -0.39 is 64.4 Å². The predicted octanol–water partition coefficient (Wildman–Crippen LogP) is 6.03. The minimum atomic E-state index is -8.23. The molecule has 18 heteroatoms. The van der Waals surface area contributed by atoms with Crippen LogP contribution < -0.4 is 0 Å². The molecule has 2 aliphatic rings. The van der Waals surface area contributed by atoms with Gasteiger partial charge in [0.15, 0.2) is 5.83 Å². The zero-order chi connectivity index (χ0) is 23.7. The first-order chi connectivity index (χ1) is 12.3. The van der Waals surface area contributed by atoms with E-state index in [1.807, 2.05) is 0 Å². The second kappa shape index (κ2) is 5.03. The van der Waals surface area contributed by atoms with Gasteiger partial charge in [0.1, 0.15) is 0 Å². The number of hydrogen-bond donors (Lipinski definition) is 0. The topological polar surface area (TPSA) is 0 Å². The summed E-state index contributed by atoms with van der Waals surface area (Å²) in [5.41, 5.74) is -13.4. The van der Waals surface area contributed by atoms with Crippen LogP contribution in [0.15, 0.2) is 11.4 Å². The van der Waals surface area contributed by atoms with Gasteiger partial charge in [0, 0.05) is 0 Å². The van der Waals surface area contributed by atoms with Crippen molar-refractivity contribution < 1.29 is 79.0 Å². The Morgan fingerprint density at radius 1 is 0.345 bits per heavy atom. The van der Waals surface area contributed by atoms with Crippen molar-refractivity contribution in [2.24, 2.45) is 0 Å². The molecule has 2 aliphatic carbocycles. The maximum absolute atomic E-state index is 14.4. The molecule has 0 unspecified atom stereocenters. The summed E-state index contributed by atoms with van der Waals surface area (Å²) in [5.74, 6) is -67.7. The van der Waals surface area contributed by atoms with Crippen molar-refractivity contribution in [1.29, 1.82) is 0 Å². The van der Waals surface area contributed by atoms with Crippen LogP contribution in [0, 0.1) is 0 Å². The molecule has 170 valence electrons. The van der Waals surface area contributed by atoms with E-state index in [0.29, 0.717) is 0 Å². The molecule has 0 aromatic rings. The number of rotatable bonds is 1. The van der Waals surface area contributed by atoms with E-state index in [4.69, 9.17) is 0 Å². The first kappa shape index (κ1) is 23.8. The maximum atomic E-state index is 14.4. The van der Waals surface area contributed by atoms with Crippen molar-refractivity contribution in [3.63, 3.8) is 0 Å². The van der Waals surface area contributed by atoms with Crippen LogP contribution >= 0.6 is 0 Å². The van der Waals surface area contributed by atoms with Gasteiger partial charge in [-0.15, -0.1) is 0 Å². The normalized spacial score (nSPS) is 34.1. The van der Waals surface area contributed by atoms with Gasteiger partial charge in [-0.25, -0.2) is 8.78 Å². The summed E-state index contributed by atoms with van der Waals surface area (Å²) in [7, 11) is 0. The standard InChI is InChI=1S/C11F18/c12-2-1(4(14,15)8(22,23)5(2,16)17)3(13)6(18,19)9(24,25)11(28,29)10(26,27)7(3,20)21. The van der Waals surface area contributed by atoms with Crippen molar-refractivity contribution in [3.8, 4) is 0 Å². The van der Waals surface area contributed by atoms with E-state index in [-0.39, 0.29) is 0 Å². The highest BCUT2D eigenvalue weighted by atomic mass is 19.4. The number of alkyl halides is 17. The molecule has 29 heavy (non-hydrogen) atoms. The van der Waals surface area contributed by atoms with Gasteiger partial charge in [-0.2, -0.15) is 70.2 Å². The van der Waals surface area contributed by atoms with Crippen molar-refractivity contribution >= 4 is 0 Å². The number of halogens is 18. The van der Waals surface area contributed by atoms with Crippen LogP contribution in [0.25, 0.3) is 0 Å². The molecule has 0 heterocycles. The second-order valence-electron chi connectivity index (χ2n) is 5.94.